The normalized spacial score (nSPS) is 11.5. The summed E-state index contributed by atoms with van der Waals surface area (Å²) in [5.41, 5.74) is 1.59. The van der Waals surface area contributed by atoms with Crippen molar-refractivity contribution in [1.82, 2.24) is 10.3 Å². The first-order valence-electron chi connectivity index (χ1n) is 8.11. The molecule has 0 saturated carbocycles. The fourth-order valence-corrected chi connectivity index (χ4v) is 2.37. The van der Waals surface area contributed by atoms with E-state index < -0.39 is 0 Å². The van der Waals surface area contributed by atoms with Gasteiger partial charge in [-0.25, -0.2) is 9.18 Å². The Kier molecular flexibility index (Phi) is 5.43. The molecule has 1 unspecified atom stereocenters. The van der Waals surface area contributed by atoms with Crippen molar-refractivity contribution >= 4 is 11.7 Å². The van der Waals surface area contributed by atoms with Gasteiger partial charge in [0.25, 0.3) is 0 Å². The lowest BCUT2D eigenvalue weighted by Crippen LogP contribution is -2.31. The lowest BCUT2D eigenvalue weighted by Gasteiger charge is -2.15. The molecule has 0 radical (unpaired) electrons. The molecule has 0 aliphatic heterocycles. The molecule has 0 aliphatic rings. The molecule has 6 heteroatoms. The number of aromatic nitrogens is 1. The Balaban J connectivity index is 1.56. The highest BCUT2D eigenvalue weighted by atomic mass is 19.1. The van der Waals surface area contributed by atoms with Crippen LogP contribution in [0, 0.1) is 5.82 Å². The van der Waals surface area contributed by atoms with E-state index in [1.807, 2.05) is 19.1 Å². The van der Waals surface area contributed by atoms with Crippen molar-refractivity contribution < 1.29 is 13.9 Å². The van der Waals surface area contributed by atoms with Crippen molar-refractivity contribution in [2.45, 2.75) is 13.0 Å². The van der Waals surface area contributed by atoms with E-state index in [0.29, 0.717) is 17.2 Å². The van der Waals surface area contributed by atoms with Gasteiger partial charge in [-0.3, -0.25) is 4.98 Å². The third-order valence-corrected chi connectivity index (χ3v) is 3.70. The summed E-state index contributed by atoms with van der Waals surface area (Å²) in [5.74, 6) is 0.599. The lowest BCUT2D eigenvalue weighted by molar-refractivity contribution is 0.249. The number of carbonyl (C=O) groups excluding carboxylic acids is 1. The summed E-state index contributed by atoms with van der Waals surface area (Å²) in [7, 11) is 0. The second-order valence-electron chi connectivity index (χ2n) is 5.68. The number of urea groups is 1. The summed E-state index contributed by atoms with van der Waals surface area (Å²) >= 11 is 0. The van der Waals surface area contributed by atoms with Gasteiger partial charge in [0.1, 0.15) is 17.3 Å². The number of anilines is 1. The molecule has 3 aromatic rings. The summed E-state index contributed by atoms with van der Waals surface area (Å²) in [6, 6.07) is 16.0. The van der Waals surface area contributed by atoms with Crippen molar-refractivity contribution in [3.63, 3.8) is 0 Å². The zero-order chi connectivity index (χ0) is 18.4. The molecular formula is C20H18FN3O2. The first kappa shape index (κ1) is 17.4. The Morgan fingerprint density at radius 1 is 1.04 bits per heavy atom. The van der Waals surface area contributed by atoms with Crippen LogP contribution in [-0.2, 0) is 0 Å². The standard InChI is InChI=1S/C20H18FN3O2/c1-14(15-9-11-22-12-10-15)23-20(25)24-17-5-7-18(8-6-17)26-19-4-2-3-16(21)13-19/h2-14H,1H3,(H2,23,24,25). The molecule has 3 rings (SSSR count). The number of nitrogens with zero attached hydrogens (tertiary/aromatic N) is 1. The van der Waals surface area contributed by atoms with Crippen LogP contribution in [-0.4, -0.2) is 11.0 Å². The summed E-state index contributed by atoms with van der Waals surface area (Å²) in [6.07, 6.45) is 3.37. The largest absolute Gasteiger partial charge is 0.457 e. The molecular weight excluding hydrogens is 333 g/mol. The van der Waals surface area contributed by atoms with E-state index >= 15 is 0 Å². The van der Waals surface area contributed by atoms with E-state index in [1.54, 1.807) is 48.8 Å². The zero-order valence-corrected chi connectivity index (χ0v) is 14.1. The smallest absolute Gasteiger partial charge is 0.319 e. The van der Waals surface area contributed by atoms with Crippen molar-refractivity contribution in [2.75, 3.05) is 5.32 Å². The minimum Gasteiger partial charge on any atom is -0.457 e. The molecule has 1 atom stereocenters. The van der Waals surface area contributed by atoms with E-state index in [1.165, 1.54) is 12.1 Å². The Bertz CT molecular complexity index is 870. The van der Waals surface area contributed by atoms with Crippen LogP contribution in [0.25, 0.3) is 0 Å². The highest BCUT2D eigenvalue weighted by Gasteiger charge is 2.09. The molecule has 0 spiro atoms. The van der Waals surface area contributed by atoms with Crippen LogP contribution in [0.15, 0.2) is 73.1 Å². The molecule has 0 aliphatic carbocycles. The number of nitrogens with one attached hydrogen (secondary N) is 2. The van der Waals surface area contributed by atoms with Crippen LogP contribution in [0.4, 0.5) is 14.9 Å². The third kappa shape index (κ3) is 4.80. The molecule has 5 nitrogen and oxygen atoms in total. The average Bonchev–Trinajstić information content (AvgIpc) is 2.64. The maximum Gasteiger partial charge on any atom is 0.319 e. The van der Waals surface area contributed by atoms with Crippen LogP contribution in [0.3, 0.4) is 0 Å². The van der Waals surface area contributed by atoms with E-state index in [0.717, 1.165) is 5.56 Å². The molecule has 2 N–H and O–H groups in total. The molecule has 0 fully saturated rings. The monoisotopic (exact) mass is 351 g/mol. The minimum atomic E-state index is -0.360. The zero-order valence-electron chi connectivity index (χ0n) is 14.1. The number of hydrogen-bond donors (Lipinski definition) is 2. The molecule has 0 saturated heterocycles. The first-order valence-corrected chi connectivity index (χ1v) is 8.11. The molecule has 1 heterocycles. The van der Waals surface area contributed by atoms with Crippen molar-refractivity contribution in [2.24, 2.45) is 0 Å². The fourth-order valence-electron chi connectivity index (χ4n) is 2.37. The summed E-state index contributed by atoms with van der Waals surface area (Å²) < 4.78 is 18.7. The van der Waals surface area contributed by atoms with Crippen molar-refractivity contribution in [3.8, 4) is 11.5 Å². The number of ether oxygens (including phenoxy) is 1. The molecule has 2 amide bonds. The van der Waals surface area contributed by atoms with Crippen LogP contribution in [0.5, 0.6) is 11.5 Å². The van der Waals surface area contributed by atoms with Gasteiger partial charge in [-0.2, -0.15) is 0 Å². The van der Waals surface area contributed by atoms with E-state index in [-0.39, 0.29) is 17.9 Å². The van der Waals surface area contributed by atoms with E-state index in [9.17, 15) is 9.18 Å². The number of halogens is 1. The number of hydrogen-bond acceptors (Lipinski definition) is 3. The quantitative estimate of drug-likeness (QED) is 0.687. The van der Waals surface area contributed by atoms with Gasteiger partial charge in [-0.15, -0.1) is 0 Å². The van der Waals surface area contributed by atoms with Gasteiger partial charge in [0.2, 0.25) is 0 Å². The summed E-state index contributed by atoms with van der Waals surface area (Å²) in [4.78, 5) is 16.1. The first-order chi connectivity index (χ1) is 12.6. The van der Waals surface area contributed by atoms with Crippen molar-refractivity contribution in [1.29, 1.82) is 0 Å². The van der Waals surface area contributed by atoms with Gasteiger partial charge in [-0.05, 0) is 61.0 Å². The third-order valence-electron chi connectivity index (χ3n) is 3.70. The Morgan fingerprint density at radius 3 is 2.46 bits per heavy atom. The van der Waals surface area contributed by atoms with Crippen LogP contribution >= 0.6 is 0 Å². The number of amides is 2. The molecule has 1 aromatic heterocycles. The Morgan fingerprint density at radius 2 is 1.77 bits per heavy atom. The molecule has 26 heavy (non-hydrogen) atoms. The topological polar surface area (TPSA) is 63.2 Å². The Labute approximate surface area is 150 Å². The number of pyridine rings is 1. The highest BCUT2D eigenvalue weighted by Crippen LogP contribution is 2.23. The summed E-state index contributed by atoms with van der Waals surface area (Å²) in [6.45, 7) is 1.89. The second kappa shape index (κ2) is 8.11. The predicted molar refractivity (Wildman–Crippen MR) is 97.7 cm³/mol. The average molecular weight is 351 g/mol. The van der Waals surface area contributed by atoms with Gasteiger partial charge < -0.3 is 15.4 Å². The van der Waals surface area contributed by atoms with Gasteiger partial charge in [0.15, 0.2) is 0 Å². The number of carbonyl (C=O) groups is 1. The van der Waals surface area contributed by atoms with E-state index in [2.05, 4.69) is 15.6 Å². The van der Waals surface area contributed by atoms with Gasteiger partial charge in [0.05, 0.1) is 6.04 Å². The van der Waals surface area contributed by atoms with Crippen LogP contribution in [0.2, 0.25) is 0 Å². The van der Waals surface area contributed by atoms with E-state index in [4.69, 9.17) is 4.74 Å². The highest BCUT2D eigenvalue weighted by molar-refractivity contribution is 5.89. The van der Waals surface area contributed by atoms with Gasteiger partial charge >= 0.3 is 6.03 Å². The maximum atomic E-state index is 13.2. The second-order valence-corrected chi connectivity index (χ2v) is 5.68. The van der Waals surface area contributed by atoms with Gasteiger partial charge in [-0.1, -0.05) is 6.07 Å². The minimum absolute atomic E-state index is 0.145. The van der Waals surface area contributed by atoms with Crippen LogP contribution in [0.1, 0.15) is 18.5 Å². The van der Waals surface area contributed by atoms with Crippen LogP contribution < -0.4 is 15.4 Å². The number of rotatable bonds is 5. The van der Waals surface area contributed by atoms with Crippen molar-refractivity contribution in [3.05, 3.63) is 84.4 Å². The fraction of sp³-hybridized carbons (Fsp3) is 0.100. The maximum absolute atomic E-state index is 13.2. The number of benzene rings is 2. The molecule has 0 bridgehead atoms. The lowest BCUT2D eigenvalue weighted by atomic mass is 10.1. The predicted octanol–water partition coefficient (Wildman–Crippen LogP) is 4.90. The SMILES string of the molecule is CC(NC(=O)Nc1ccc(Oc2cccc(F)c2)cc1)c1ccncc1. The Hall–Kier alpha value is -3.41. The molecule has 2 aromatic carbocycles. The summed E-state index contributed by atoms with van der Waals surface area (Å²) in [5, 5.41) is 5.62. The molecule has 132 valence electrons. The van der Waals surface area contributed by atoms with Gasteiger partial charge in [0, 0.05) is 24.1 Å².